The van der Waals surface area contributed by atoms with E-state index in [1.165, 1.54) is 17.5 Å². The fraction of sp³-hybridized carbons (Fsp3) is 0.625. The van der Waals surface area contributed by atoms with Gasteiger partial charge >= 0.3 is 0 Å². The van der Waals surface area contributed by atoms with E-state index in [9.17, 15) is 5.11 Å². The Bertz CT molecular complexity index is 404. The van der Waals surface area contributed by atoms with E-state index in [0.29, 0.717) is 23.9 Å². The molecular formula is C16H25NO. The van der Waals surface area contributed by atoms with Crippen LogP contribution in [0.3, 0.4) is 0 Å². The quantitative estimate of drug-likeness (QED) is 0.885. The summed E-state index contributed by atoms with van der Waals surface area (Å²) < 4.78 is 0. The number of hydrogen-bond acceptors (Lipinski definition) is 2. The zero-order chi connectivity index (χ0) is 13.3. The molecule has 1 atom stereocenters. The zero-order valence-electron chi connectivity index (χ0n) is 12.0. The zero-order valence-corrected chi connectivity index (χ0v) is 12.0. The average Bonchev–Trinajstić information content (AvgIpc) is 2.29. The lowest BCUT2D eigenvalue weighted by Gasteiger charge is -2.40. The van der Waals surface area contributed by atoms with E-state index in [1.807, 2.05) is 12.1 Å². The molecule has 0 saturated heterocycles. The predicted molar refractivity (Wildman–Crippen MR) is 76.0 cm³/mol. The van der Waals surface area contributed by atoms with Gasteiger partial charge in [-0.25, -0.2) is 0 Å². The Balaban J connectivity index is 2.23. The van der Waals surface area contributed by atoms with Gasteiger partial charge < -0.3 is 5.11 Å². The van der Waals surface area contributed by atoms with Crippen molar-refractivity contribution >= 4 is 0 Å². The Labute approximate surface area is 111 Å². The molecule has 2 heteroatoms. The van der Waals surface area contributed by atoms with Gasteiger partial charge in [0.05, 0.1) is 0 Å². The smallest absolute Gasteiger partial charge is 0.119 e. The number of hydrogen-bond donors (Lipinski definition) is 1. The summed E-state index contributed by atoms with van der Waals surface area (Å²) >= 11 is 0. The van der Waals surface area contributed by atoms with E-state index in [1.54, 1.807) is 0 Å². The first-order chi connectivity index (χ1) is 8.50. The van der Waals surface area contributed by atoms with Gasteiger partial charge in [-0.05, 0) is 64.2 Å². The molecule has 0 bridgehead atoms. The van der Waals surface area contributed by atoms with Gasteiger partial charge in [0.1, 0.15) is 5.75 Å². The van der Waals surface area contributed by atoms with Crippen LogP contribution in [0.1, 0.15) is 45.2 Å². The molecule has 1 aromatic carbocycles. The van der Waals surface area contributed by atoms with Crippen molar-refractivity contribution in [2.24, 2.45) is 0 Å². The van der Waals surface area contributed by atoms with Crippen LogP contribution < -0.4 is 0 Å². The van der Waals surface area contributed by atoms with Crippen molar-refractivity contribution in [3.63, 3.8) is 0 Å². The highest BCUT2D eigenvalue weighted by molar-refractivity contribution is 5.41. The minimum absolute atomic E-state index is 0.477. The molecule has 2 nitrogen and oxygen atoms in total. The van der Waals surface area contributed by atoms with Gasteiger partial charge in [-0.1, -0.05) is 12.1 Å². The SMILES string of the molecule is CC(C)N(C(C)C)C1CCc2cccc(O)c2C1. The Morgan fingerprint density at radius 2 is 1.83 bits per heavy atom. The monoisotopic (exact) mass is 247 g/mol. The first-order valence-corrected chi connectivity index (χ1v) is 7.08. The molecule has 100 valence electrons. The molecule has 2 rings (SSSR count). The summed E-state index contributed by atoms with van der Waals surface area (Å²) in [6.45, 7) is 9.06. The van der Waals surface area contributed by atoms with Gasteiger partial charge in [0.25, 0.3) is 0 Å². The summed E-state index contributed by atoms with van der Waals surface area (Å²) in [5.74, 6) is 0.477. The minimum Gasteiger partial charge on any atom is -0.508 e. The molecule has 0 saturated carbocycles. The van der Waals surface area contributed by atoms with Crippen molar-refractivity contribution < 1.29 is 5.11 Å². The molecule has 1 aliphatic rings. The van der Waals surface area contributed by atoms with E-state index < -0.39 is 0 Å². The highest BCUT2D eigenvalue weighted by atomic mass is 16.3. The third-order valence-corrected chi connectivity index (χ3v) is 4.05. The first kappa shape index (κ1) is 13.4. The topological polar surface area (TPSA) is 23.5 Å². The van der Waals surface area contributed by atoms with E-state index in [2.05, 4.69) is 38.7 Å². The van der Waals surface area contributed by atoms with Crippen molar-refractivity contribution in [1.29, 1.82) is 0 Å². The number of aryl methyl sites for hydroxylation is 1. The second-order valence-corrected chi connectivity index (χ2v) is 5.95. The number of aromatic hydroxyl groups is 1. The van der Waals surface area contributed by atoms with Crippen LogP contribution in [0.5, 0.6) is 5.75 Å². The third-order valence-electron chi connectivity index (χ3n) is 4.05. The van der Waals surface area contributed by atoms with Gasteiger partial charge in [-0.2, -0.15) is 0 Å². The number of rotatable bonds is 3. The van der Waals surface area contributed by atoms with E-state index in [4.69, 9.17) is 0 Å². The minimum atomic E-state index is 0.477. The van der Waals surface area contributed by atoms with E-state index >= 15 is 0 Å². The van der Waals surface area contributed by atoms with Crippen LogP contribution in [0.4, 0.5) is 0 Å². The average molecular weight is 247 g/mol. The molecule has 0 aliphatic heterocycles. The van der Waals surface area contributed by atoms with Gasteiger partial charge in [0, 0.05) is 18.1 Å². The lowest BCUT2D eigenvalue weighted by molar-refractivity contribution is 0.101. The second kappa shape index (κ2) is 5.31. The number of benzene rings is 1. The number of nitrogens with zero attached hydrogens (tertiary/aromatic N) is 1. The molecule has 0 amide bonds. The Kier molecular flexibility index (Phi) is 3.96. The van der Waals surface area contributed by atoms with Crippen LogP contribution in [0.25, 0.3) is 0 Å². The van der Waals surface area contributed by atoms with E-state index in [-0.39, 0.29) is 0 Å². The lowest BCUT2D eigenvalue weighted by atomic mass is 9.86. The normalized spacial score (nSPS) is 19.6. The number of phenolic OH excluding ortho intramolecular Hbond substituents is 1. The molecule has 1 aromatic rings. The summed E-state index contributed by atoms with van der Waals surface area (Å²) in [6, 6.07) is 7.60. The number of phenols is 1. The maximum Gasteiger partial charge on any atom is 0.119 e. The Morgan fingerprint density at radius 1 is 1.17 bits per heavy atom. The summed E-state index contributed by atoms with van der Waals surface area (Å²) in [6.07, 6.45) is 3.27. The van der Waals surface area contributed by atoms with Crippen molar-refractivity contribution in [1.82, 2.24) is 4.90 Å². The fourth-order valence-electron chi connectivity index (χ4n) is 3.44. The Hall–Kier alpha value is -1.02. The Morgan fingerprint density at radius 3 is 2.44 bits per heavy atom. The molecular weight excluding hydrogens is 222 g/mol. The van der Waals surface area contributed by atoms with Crippen LogP contribution in [0.15, 0.2) is 18.2 Å². The lowest BCUT2D eigenvalue weighted by Crippen LogP contribution is -2.47. The van der Waals surface area contributed by atoms with Gasteiger partial charge in [0.2, 0.25) is 0 Å². The van der Waals surface area contributed by atoms with Crippen LogP contribution in [0.2, 0.25) is 0 Å². The molecule has 0 aromatic heterocycles. The van der Waals surface area contributed by atoms with Crippen LogP contribution in [-0.2, 0) is 12.8 Å². The van der Waals surface area contributed by atoms with Crippen molar-refractivity contribution in [2.45, 2.75) is 65.1 Å². The summed E-state index contributed by atoms with van der Waals surface area (Å²) in [7, 11) is 0. The molecule has 0 fully saturated rings. The van der Waals surface area contributed by atoms with Crippen LogP contribution >= 0.6 is 0 Å². The highest BCUT2D eigenvalue weighted by Gasteiger charge is 2.28. The number of fused-ring (bicyclic) bond motifs is 1. The van der Waals surface area contributed by atoms with Gasteiger partial charge in [-0.15, -0.1) is 0 Å². The summed E-state index contributed by atoms with van der Waals surface area (Å²) in [4.78, 5) is 2.58. The summed E-state index contributed by atoms with van der Waals surface area (Å²) in [5.41, 5.74) is 2.50. The van der Waals surface area contributed by atoms with Crippen LogP contribution in [-0.4, -0.2) is 28.1 Å². The molecule has 1 N–H and O–H groups in total. The van der Waals surface area contributed by atoms with Crippen molar-refractivity contribution in [3.05, 3.63) is 29.3 Å². The third kappa shape index (κ3) is 2.54. The van der Waals surface area contributed by atoms with Crippen molar-refractivity contribution in [3.8, 4) is 5.75 Å². The molecule has 0 heterocycles. The van der Waals surface area contributed by atoms with Gasteiger partial charge in [-0.3, -0.25) is 4.90 Å². The summed E-state index contributed by atoms with van der Waals surface area (Å²) in [5, 5.41) is 10.0. The molecule has 1 aliphatic carbocycles. The van der Waals surface area contributed by atoms with Crippen LogP contribution in [0, 0.1) is 0 Å². The maximum atomic E-state index is 10.0. The van der Waals surface area contributed by atoms with Gasteiger partial charge in [0.15, 0.2) is 0 Å². The first-order valence-electron chi connectivity index (χ1n) is 7.08. The molecule has 1 unspecified atom stereocenters. The van der Waals surface area contributed by atoms with E-state index in [0.717, 1.165) is 12.8 Å². The van der Waals surface area contributed by atoms with Crippen molar-refractivity contribution in [2.75, 3.05) is 0 Å². The largest absolute Gasteiger partial charge is 0.508 e. The standard InChI is InChI=1S/C16H25NO/c1-11(2)17(12(3)4)14-9-8-13-6-5-7-16(18)15(13)10-14/h5-7,11-12,14,18H,8-10H2,1-4H3. The predicted octanol–water partition coefficient (Wildman–Crippen LogP) is 3.37. The molecule has 0 radical (unpaired) electrons. The molecule has 18 heavy (non-hydrogen) atoms. The highest BCUT2D eigenvalue weighted by Crippen LogP contribution is 2.32. The maximum absolute atomic E-state index is 10.0. The second-order valence-electron chi connectivity index (χ2n) is 5.95. The fourth-order valence-corrected chi connectivity index (χ4v) is 3.44. The molecule has 0 spiro atoms.